The zero-order chi connectivity index (χ0) is 14.4. The summed E-state index contributed by atoms with van der Waals surface area (Å²) in [6.07, 6.45) is 5.74. The van der Waals surface area contributed by atoms with Crippen molar-refractivity contribution in [2.24, 2.45) is 17.8 Å². The van der Waals surface area contributed by atoms with E-state index in [1.807, 2.05) is 12.1 Å². The van der Waals surface area contributed by atoms with Crippen molar-refractivity contribution in [2.75, 3.05) is 13.2 Å². The molecule has 1 heterocycles. The molecule has 3 unspecified atom stereocenters. The van der Waals surface area contributed by atoms with Crippen LogP contribution in [-0.2, 0) is 0 Å². The number of hydrogen-bond acceptors (Lipinski definition) is 3. The summed E-state index contributed by atoms with van der Waals surface area (Å²) in [5.74, 6) is 3.46. The van der Waals surface area contributed by atoms with E-state index >= 15 is 0 Å². The Morgan fingerprint density at radius 2 is 1.62 bits per heavy atom. The van der Waals surface area contributed by atoms with Gasteiger partial charge in [-0.1, -0.05) is 28.8 Å². The second-order valence-electron chi connectivity index (χ2n) is 6.51. The van der Waals surface area contributed by atoms with Crippen molar-refractivity contribution >= 4 is 15.9 Å². The van der Waals surface area contributed by atoms with Crippen LogP contribution in [0, 0.1) is 17.8 Å². The Hall–Kier alpha value is -0.740. The third-order valence-corrected chi connectivity index (χ3v) is 5.96. The molecule has 4 heteroatoms. The van der Waals surface area contributed by atoms with Gasteiger partial charge in [-0.25, -0.2) is 0 Å². The van der Waals surface area contributed by atoms with Crippen LogP contribution in [0.3, 0.4) is 0 Å². The maximum atomic E-state index is 10.8. The van der Waals surface area contributed by atoms with E-state index in [-0.39, 0.29) is 6.10 Å². The Labute approximate surface area is 133 Å². The first-order valence-corrected chi connectivity index (χ1v) is 8.82. The fourth-order valence-electron chi connectivity index (χ4n) is 4.15. The van der Waals surface area contributed by atoms with Crippen LogP contribution >= 0.6 is 15.9 Å². The molecule has 1 aromatic carbocycles. The second-order valence-corrected chi connectivity index (χ2v) is 7.36. The van der Waals surface area contributed by atoms with Crippen molar-refractivity contribution in [1.82, 2.24) is 0 Å². The number of aliphatic hydroxyl groups is 1. The number of rotatable bonds is 2. The van der Waals surface area contributed by atoms with Gasteiger partial charge in [0, 0.05) is 10.9 Å². The zero-order valence-electron chi connectivity index (χ0n) is 12.1. The van der Waals surface area contributed by atoms with Gasteiger partial charge in [-0.15, -0.1) is 0 Å². The number of hydrogen-bond donors (Lipinski definition) is 1. The largest absolute Gasteiger partial charge is 0.490 e. The summed E-state index contributed by atoms with van der Waals surface area (Å²) >= 11 is 3.60. The summed E-state index contributed by atoms with van der Waals surface area (Å²) in [4.78, 5) is 0. The quantitative estimate of drug-likeness (QED) is 0.871. The average molecular weight is 353 g/mol. The number of halogens is 1. The highest BCUT2D eigenvalue weighted by atomic mass is 79.9. The molecule has 1 N–H and O–H groups in total. The molecule has 1 aliphatic heterocycles. The molecule has 0 spiro atoms. The summed E-state index contributed by atoms with van der Waals surface area (Å²) in [5, 5.41) is 10.8. The van der Waals surface area contributed by atoms with Crippen molar-refractivity contribution in [3.8, 4) is 11.5 Å². The lowest BCUT2D eigenvalue weighted by molar-refractivity contribution is 0.141. The van der Waals surface area contributed by atoms with E-state index in [0.717, 1.165) is 39.8 Å². The molecule has 0 radical (unpaired) electrons. The monoisotopic (exact) mass is 352 g/mol. The highest BCUT2D eigenvalue weighted by Crippen LogP contribution is 2.61. The molecule has 3 aliphatic rings. The predicted octanol–water partition coefficient (Wildman–Crippen LogP) is 4.08. The van der Waals surface area contributed by atoms with Crippen molar-refractivity contribution in [1.29, 1.82) is 0 Å². The van der Waals surface area contributed by atoms with Crippen LogP contribution in [0.5, 0.6) is 11.5 Å². The summed E-state index contributed by atoms with van der Waals surface area (Å²) in [6.45, 7) is 1.37. The van der Waals surface area contributed by atoms with Gasteiger partial charge in [-0.05, 0) is 48.3 Å². The maximum Gasteiger partial charge on any atom is 0.162 e. The minimum atomic E-state index is -0.385. The predicted molar refractivity (Wildman–Crippen MR) is 83.6 cm³/mol. The van der Waals surface area contributed by atoms with Gasteiger partial charge >= 0.3 is 0 Å². The fraction of sp³-hybridized carbons (Fsp3) is 0.647. The number of benzene rings is 1. The van der Waals surface area contributed by atoms with Gasteiger partial charge in [-0.3, -0.25) is 0 Å². The first kappa shape index (κ1) is 13.9. The van der Waals surface area contributed by atoms with Crippen LogP contribution in [0.4, 0.5) is 0 Å². The van der Waals surface area contributed by atoms with Crippen LogP contribution in [0.25, 0.3) is 0 Å². The molecular formula is C17H21BrO3. The van der Waals surface area contributed by atoms with E-state index in [9.17, 15) is 5.11 Å². The number of ether oxygens (including phenoxy) is 2. The molecule has 4 rings (SSSR count). The number of aliphatic hydroxyl groups excluding tert-OH is 1. The minimum absolute atomic E-state index is 0.385. The Morgan fingerprint density at radius 1 is 1.00 bits per heavy atom. The molecule has 0 saturated heterocycles. The van der Waals surface area contributed by atoms with Crippen LogP contribution in [-0.4, -0.2) is 18.3 Å². The second kappa shape index (κ2) is 5.47. The molecule has 0 bridgehead atoms. The Bertz CT molecular complexity index is 533. The Balaban J connectivity index is 1.61. The third-order valence-electron chi connectivity index (χ3n) is 5.27. The van der Waals surface area contributed by atoms with E-state index in [1.165, 1.54) is 25.7 Å². The van der Waals surface area contributed by atoms with Gasteiger partial charge in [0.25, 0.3) is 0 Å². The van der Waals surface area contributed by atoms with Gasteiger partial charge < -0.3 is 14.6 Å². The van der Waals surface area contributed by atoms with E-state index in [1.54, 1.807) is 0 Å². The highest BCUT2D eigenvalue weighted by molar-refractivity contribution is 9.10. The van der Waals surface area contributed by atoms with Crippen LogP contribution < -0.4 is 9.47 Å². The molecule has 3 nitrogen and oxygen atoms in total. The third kappa shape index (κ3) is 2.46. The maximum absolute atomic E-state index is 10.8. The molecule has 2 fully saturated rings. The van der Waals surface area contributed by atoms with Crippen molar-refractivity contribution in [2.45, 2.75) is 38.2 Å². The summed E-state index contributed by atoms with van der Waals surface area (Å²) < 4.78 is 12.4. The molecule has 1 aromatic rings. The molecule has 0 amide bonds. The fourth-order valence-corrected chi connectivity index (χ4v) is 4.71. The van der Waals surface area contributed by atoms with Crippen LogP contribution in [0.2, 0.25) is 0 Å². The summed E-state index contributed by atoms with van der Waals surface area (Å²) in [5.41, 5.74) is 0.957. The molecule has 2 saturated carbocycles. The van der Waals surface area contributed by atoms with E-state index < -0.39 is 0 Å². The van der Waals surface area contributed by atoms with Gasteiger partial charge in [-0.2, -0.15) is 0 Å². The lowest BCUT2D eigenvalue weighted by atomic mass is 10.0. The van der Waals surface area contributed by atoms with Gasteiger partial charge in [0.15, 0.2) is 11.5 Å². The summed E-state index contributed by atoms with van der Waals surface area (Å²) in [7, 11) is 0. The van der Waals surface area contributed by atoms with Crippen LogP contribution in [0.15, 0.2) is 16.6 Å². The normalized spacial score (nSPS) is 32.0. The van der Waals surface area contributed by atoms with Crippen molar-refractivity contribution < 1.29 is 14.6 Å². The lowest BCUT2D eigenvalue weighted by Gasteiger charge is -2.16. The van der Waals surface area contributed by atoms with E-state index in [2.05, 4.69) is 15.9 Å². The standard InChI is InChI=1S/C17H21BrO3/c18-13-9-15-14(20-6-3-7-21-15)8-12(13)17(19)16-10-4-1-2-5-11(10)16/h8-11,16-17,19H,1-7H2. The first-order valence-electron chi connectivity index (χ1n) is 8.03. The molecule has 2 aliphatic carbocycles. The molecule has 21 heavy (non-hydrogen) atoms. The van der Waals surface area contributed by atoms with Crippen LogP contribution in [0.1, 0.15) is 43.8 Å². The van der Waals surface area contributed by atoms with E-state index in [4.69, 9.17) is 9.47 Å². The van der Waals surface area contributed by atoms with Crippen molar-refractivity contribution in [3.63, 3.8) is 0 Å². The van der Waals surface area contributed by atoms with Crippen molar-refractivity contribution in [3.05, 3.63) is 22.2 Å². The lowest BCUT2D eigenvalue weighted by Crippen LogP contribution is -2.04. The summed E-state index contributed by atoms with van der Waals surface area (Å²) in [6, 6.07) is 3.92. The Kier molecular flexibility index (Phi) is 3.62. The van der Waals surface area contributed by atoms with Gasteiger partial charge in [0.2, 0.25) is 0 Å². The van der Waals surface area contributed by atoms with E-state index in [0.29, 0.717) is 19.1 Å². The first-order chi connectivity index (χ1) is 10.3. The number of fused-ring (bicyclic) bond motifs is 2. The van der Waals surface area contributed by atoms with Gasteiger partial charge in [0.1, 0.15) is 0 Å². The molecule has 0 aromatic heterocycles. The Morgan fingerprint density at radius 3 is 2.29 bits per heavy atom. The molecule has 3 atom stereocenters. The SMILES string of the molecule is OC(c1cc2c(cc1Br)OCCCO2)C1C2CCCCC21. The van der Waals surface area contributed by atoms with Gasteiger partial charge in [0.05, 0.1) is 19.3 Å². The highest BCUT2D eigenvalue weighted by Gasteiger charge is 2.54. The minimum Gasteiger partial charge on any atom is -0.490 e. The topological polar surface area (TPSA) is 38.7 Å². The smallest absolute Gasteiger partial charge is 0.162 e. The average Bonchev–Trinajstić information content (AvgIpc) is 3.25. The molecule has 114 valence electrons. The zero-order valence-corrected chi connectivity index (χ0v) is 13.6. The molecular weight excluding hydrogens is 332 g/mol.